The third kappa shape index (κ3) is 3.39. The fourth-order valence-corrected chi connectivity index (χ4v) is 2.38. The molecule has 0 saturated carbocycles. The molecule has 116 valence electrons. The van der Waals surface area contributed by atoms with Crippen molar-refractivity contribution in [1.29, 1.82) is 0 Å². The van der Waals surface area contributed by atoms with Crippen LogP contribution in [0.4, 0.5) is 10.1 Å². The fraction of sp³-hybridized carbons (Fsp3) is 0.312. The summed E-state index contributed by atoms with van der Waals surface area (Å²) in [6.45, 7) is 5.32. The lowest BCUT2D eigenvalue weighted by molar-refractivity contribution is -0.119. The molecule has 0 bridgehead atoms. The first-order chi connectivity index (χ1) is 10.4. The van der Waals surface area contributed by atoms with Crippen LogP contribution in [0.2, 0.25) is 0 Å². The minimum absolute atomic E-state index is 0.329. The molecule has 1 amide bonds. The Morgan fingerprint density at radius 2 is 1.95 bits per heavy atom. The number of aryl methyl sites for hydroxylation is 2. The Kier molecular flexibility index (Phi) is 4.70. The highest BCUT2D eigenvalue weighted by atomic mass is 19.1. The van der Waals surface area contributed by atoms with Gasteiger partial charge in [-0.1, -0.05) is 6.92 Å². The molecule has 0 unspecified atom stereocenters. The van der Waals surface area contributed by atoms with Gasteiger partial charge in [-0.2, -0.15) is 4.98 Å². The van der Waals surface area contributed by atoms with Crippen molar-refractivity contribution in [3.8, 4) is 0 Å². The monoisotopic (exact) mass is 303 g/mol. The maximum Gasteiger partial charge on any atom is 0.348 e. The van der Waals surface area contributed by atoms with Crippen LogP contribution in [0.15, 0.2) is 35.1 Å². The van der Waals surface area contributed by atoms with E-state index < -0.39 is 11.7 Å². The van der Waals surface area contributed by atoms with Crippen LogP contribution in [-0.4, -0.2) is 15.5 Å². The molecule has 1 aromatic heterocycles. The third-order valence-corrected chi connectivity index (χ3v) is 3.39. The zero-order chi connectivity index (χ0) is 16.3. The van der Waals surface area contributed by atoms with E-state index in [1.165, 1.54) is 28.8 Å². The number of anilines is 1. The standard InChI is InChI=1S/C16H18FN3O2/c1-4-14(20-11(3)9-10(2)18-16(20)22)15(21)19-13-7-5-12(17)6-8-13/h5-9,14H,4H2,1-3H3,(H,19,21)/t14-/m1/s1. The van der Waals surface area contributed by atoms with Crippen molar-refractivity contribution in [2.75, 3.05) is 5.32 Å². The van der Waals surface area contributed by atoms with Gasteiger partial charge in [0, 0.05) is 17.1 Å². The van der Waals surface area contributed by atoms with Gasteiger partial charge in [-0.3, -0.25) is 9.36 Å². The van der Waals surface area contributed by atoms with Gasteiger partial charge in [0.1, 0.15) is 11.9 Å². The number of aromatic nitrogens is 2. The minimum atomic E-state index is -0.661. The first-order valence-electron chi connectivity index (χ1n) is 7.05. The molecule has 1 aromatic carbocycles. The fourth-order valence-electron chi connectivity index (χ4n) is 2.38. The molecule has 0 radical (unpaired) electrons. The number of nitrogens with one attached hydrogen (secondary N) is 1. The SMILES string of the molecule is CC[C@H](C(=O)Nc1ccc(F)cc1)n1c(C)cc(C)nc1=O. The summed E-state index contributed by atoms with van der Waals surface area (Å²) in [7, 11) is 0. The van der Waals surface area contributed by atoms with E-state index in [2.05, 4.69) is 10.3 Å². The van der Waals surface area contributed by atoms with E-state index in [0.29, 0.717) is 23.5 Å². The molecule has 0 aliphatic carbocycles. The van der Waals surface area contributed by atoms with E-state index in [1.807, 2.05) is 6.92 Å². The predicted octanol–water partition coefficient (Wildman–Crippen LogP) is 2.59. The van der Waals surface area contributed by atoms with Crippen molar-refractivity contribution in [1.82, 2.24) is 9.55 Å². The number of hydrogen-bond acceptors (Lipinski definition) is 3. The predicted molar refractivity (Wildman–Crippen MR) is 82.3 cm³/mol. The second kappa shape index (κ2) is 6.51. The Bertz CT molecular complexity index is 738. The number of halogens is 1. The van der Waals surface area contributed by atoms with Crippen LogP contribution in [0.3, 0.4) is 0 Å². The average Bonchev–Trinajstić information content (AvgIpc) is 2.45. The van der Waals surface area contributed by atoms with Crippen LogP contribution in [0.25, 0.3) is 0 Å². The maximum absolute atomic E-state index is 12.9. The van der Waals surface area contributed by atoms with Gasteiger partial charge in [0.15, 0.2) is 0 Å². The molecular weight excluding hydrogens is 285 g/mol. The van der Waals surface area contributed by atoms with Crippen LogP contribution >= 0.6 is 0 Å². The number of carbonyl (C=O) groups excluding carboxylic acids is 1. The van der Waals surface area contributed by atoms with Gasteiger partial charge in [0.25, 0.3) is 0 Å². The summed E-state index contributed by atoms with van der Waals surface area (Å²) in [4.78, 5) is 28.4. The van der Waals surface area contributed by atoms with Gasteiger partial charge in [0.05, 0.1) is 0 Å². The Hall–Kier alpha value is -2.50. The van der Waals surface area contributed by atoms with Gasteiger partial charge < -0.3 is 5.32 Å². The van der Waals surface area contributed by atoms with Crippen molar-refractivity contribution < 1.29 is 9.18 Å². The summed E-state index contributed by atoms with van der Waals surface area (Å²) in [5.74, 6) is -0.704. The summed E-state index contributed by atoms with van der Waals surface area (Å²) in [5.41, 5.74) is 1.33. The van der Waals surface area contributed by atoms with Crippen molar-refractivity contribution in [2.24, 2.45) is 0 Å². The smallest absolute Gasteiger partial charge is 0.324 e. The number of rotatable bonds is 4. The molecule has 6 heteroatoms. The first-order valence-corrected chi connectivity index (χ1v) is 7.05. The molecule has 0 aliphatic rings. The van der Waals surface area contributed by atoms with Crippen LogP contribution in [0.5, 0.6) is 0 Å². The molecule has 0 aliphatic heterocycles. The van der Waals surface area contributed by atoms with E-state index in [0.717, 1.165) is 0 Å². The summed E-state index contributed by atoms with van der Waals surface area (Å²) in [5, 5.41) is 2.69. The lowest BCUT2D eigenvalue weighted by Crippen LogP contribution is -2.36. The van der Waals surface area contributed by atoms with Crippen molar-refractivity contribution in [2.45, 2.75) is 33.2 Å². The second-order valence-corrected chi connectivity index (χ2v) is 5.11. The van der Waals surface area contributed by atoms with E-state index in [9.17, 15) is 14.0 Å². The summed E-state index contributed by atoms with van der Waals surface area (Å²) in [6.07, 6.45) is 0.443. The highest BCUT2D eigenvalue weighted by molar-refractivity contribution is 5.93. The third-order valence-electron chi connectivity index (χ3n) is 3.39. The van der Waals surface area contributed by atoms with Gasteiger partial charge in [-0.15, -0.1) is 0 Å². The molecule has 0 saturated heterocycles. The molecular formula is C16H18FN3O2. The topological polar surface area (TPSA) is 64.0 Å². The molecule has 2 aromatic rings. The highest BCUT2D eigenvalue weighted by Crippen LogP contribution is 2.16. The number of amides is 1. The van der Waals surface area contributed by atoms with Crippen LogP contribution < -0.4 is 11.0 Å². The largest absolute Gasteiger partial charge is 0.348 e. The van der Waals surface area contributed by atoms with Crippen molar-refractivity contribution in [3.63, 3.8) is 0 Å². The number of benzene rings is 1. The summed E-state index contributed by atoms with van der Waals surface area (Å²) < 4.78 is 14.3. The molecule has 5 nitrogen and oxygen atoms in total. The van der Waals surface area contributed by atoms with Gasteiger partial charge in [-0.05, 0) is 50.6 Å². The van der Waals surface area contributed by atoms with Crippen LogP contribution in [-0.2, 0) is 4.79 Å². The quantitative estimate of drug-likeness (QED) is 0.944. The zero-order valence-corrected chi connectivity index (χ0v) is 12.8. The number of carbonyl (C=O) groups is 1. The lowest BCUT2D eigenvalue weighted by Gasteiger charge is -2.20. The minimum Gasteiger partial charge on any atom is -0.324 e. The Morgan fingerprint density at radius 1 is 1.32 bits per heavy atom. The molecule has 0 spiro atoms. The maximum atomic E-state index is 12.9. The first kappa shape index (κ1) is 15.9. The number of hydrogen-bond donors (Lipinski definition) is 1. The molecule has 22 heavy (non-hydrogen) atoms. The Labute approximate surface area is 127 Å². The number of nitrogens with zero attached hydrogens (tertiary/aromatic N) is 2. The normalized spacial score (nSPS) is 12.0. The van der Waals surface area contributed by atoms with E-state index in [4.69, 9.17) is 0 Å². The van der Waals surface area contributed by atoms with Crippen molar-refractivity contribution in [3.05, 3.63) is 58.0 Å². The van der Waals surface area contributed by atoms with E-state index in [-0.39, 0.29) is 11.7 Å². The van der Waals surface area contributed by atoms with E-state index >= 15 is 0 Å². The lowest BCUT2D eigenvalue weighted by atomic mass is 10.1. The summed E-state index contributed by atoms with van der Waals surface area (Å²) >= 11 is 0. The Morgan fingerprint density at radius 3 is 2.50 bits per heavy atom. The Balaban J connectivity index is 2.30. The molecule has 1 atom stereocenters. The highest BCUT2D eigenvalue weighted by Gasteiger charge is 2.22. The molecule has 2 rings (SSSR count). The van der Waals surface area contributed by atoms with Gasteiger partial charge >= 0.3 is 5.69 Å². The zero-order valence-electron chi connectivity index (χ0n) is 12.8. The van der Waals surface area contributed by atoms with Crippen LogP contribution in [0.1, 0.15) is 30.8 Å². The van der Waals surface area contributed by atoms with Gasteiger partial charge in [0.2, 0.25) is 5.91 Å². The molecule has 0 fully saturated rings. The molecule has 1 N–H and O–H groups in total. The molecule has 1 heterocycles. The average molecular weight is 303 g/mol. The van der Waals surface area contributed by atoms with E-state index in [1.54, 1.807) is 19.9 Å². The van der Waals surface area contributed by atoms with Crippen molar-refractivity contribution >= 4 is 11.6 Å². The summed E-state index contributed by atoms with van der Waals surface area (Å²) in [6, 6.07) is 6.58. The van der Waals surface area contributed by atoms with Gasteiger partial charge in [-0.25, -0.2) is 9.18 Å². The van der Waals surface area contributed by atoms with Crippen LogP contribution in [0, 0.1) is 19.7 Å². The second-order valence-electron chi connectivity index (χ2n) is 5.11.